The summed E-state index contributed by atoms with van der Waals surface area (Å²) in [4.78, 5) is 12.4. The van der Waals surface area contributed by atoms with Crippen LogP contribution in [0.25, 0.3) is 0 Å². The molecule has 0 spiro atoms. The lowest BCUT2D eigenvalue weighted by Crippen LogP contribution is -2.44. The summed E-state index contributed by atoms with van der Waals surface area (Å²) in [6.45, 7) is 3.71. The summed E-state index contributed by atoms with van der Waals surface area (Å²) >= 11 is 0. The van der Waals surface area contributed by atoms with Gasteiger partial charge in [-0.05, 0) is 47.9 Å². The van der Waals surface area contributed by atoms with E-state index in [1.807, 2.05) is 12.1 Å². The highest BCUT2D eigenvalue weighted by Crippen LogP contribution is 2.21. The van der Waals surface area contributed by atoms with Gasteiger partial charge in [0.2, 0.25) is 5.91 Å². The fourth-order valence-electron chi connectivity index (χ4n) is 2.39. The van der Waals surface area contributed by atoms with Crippen molar-refractivity contribution < 1.29 is 17.6 Å². The zero-order valence-corrected chi connectivity index (χ0v) is 16.6. The van der Waals surface area contributed by atoms with Crippen molar-refractivity contribution in [2.24, 2.45) is 0 Å². The molecule has 146 valence electrons. The minimum Gasteiger partial charge on any atom is -0.325 e. The first-order chi connectivity index (χ1) is 12.6. The molecule has 0 saturated heterocycles. The van der Waals surface area contributed by atoms with Crippen molar-refractivity contribution in [3.05, 3.63) is 59.9 Å². The van der Waals surface area contributed by atoms with E-state index in [1.165, 1.54) is 26.2 Å². The first-order valence-electron chi connectivity index (χ1n) is 8.47. The molecule has 0 fully saturated rings. The Morgan fingerprint density at radius 1 is 1.04 bits per heavy atom. The molecule has 0 aromatic heterocycles. The first kappa shape index (κ1) is 20.9. The van der Waals surface area contributed by atoms with Gasteiger partial charge in [-0.1, -0.05) is 26.0 Å². The lowest BCUT2D eigenvalue weighted by molar-refractivity contribution is -0.114. The van der Waals surface area contributed by atoms with Gasteiger partial charge < -0.3 is 5.32 Å². The van der Waals surface area contributed by atoms with Gasteiger partial charge in [0.05, 0.1) is 5.69 Å². The number of rotatable bonds is 7. The molecule has 2 aromatic rings. The summed E-state index contributed by atoms with van der Waals surface area (Å²) in [7, 11) is -1.19. The second-order valence-electron chi connectivity index (χ2n) is 6.60. The standard InChI is InChI=1S/C19H24FN3O3S/c1-14(2)15-5-9-17(10-6-15)21-19(24)13-23(27(25,26)22(3)4)18-11-7-16(20)8-12-18/h5-12,14H,13H2,1-4H3,(H,21,24). The van der Waals surface area contributed by atoms with Crippen LogP contribution in [0, 0.1) is 5.82 Å². The Balaban J connectivity index is 2.21. The molecular weight excluding hydrogens is 369 g/mol. The molecule has 8 heteroatoms. The second-order valence-corrected chi connectivity index (χ2v) is 8.66. The number of anilines is 2. The summed E-state index contributed by atoms with van der Waals surface area (Å²) in [5, 5.41) is 2.69. The van der Waals surface area contributed by atoms with Crippen LogP contribution in [0.1, 0.15) is 25.3 Å². The first-order valence-corrected chi connectivity index (χ1v) is 9.86. The Kier molecular flexibility index (Phi) is 6.56. The third kappa shape index (κ3) is 5.27. The van der Waals surface area contributed by atoms with E-state index in [2.05, 4.69) is 19.2 Å². The number of hydrogen-bond acceptors (Lipinski definition) is 3. The average molecular weight is 393 g/mol. The van der Waals surface area contributed by atoms with Crippen LogP contribution in [0.3, 0.4) is 0 Å². The van der Waals surface area contributed by atoms with Gasteiger partial charge >= 0.3 is 10.2 Å². The maximum absolute atomic E-state index is 13.2. The fraction of sp³-hybridized carbons (Fsp3) is 0.316. The largest absolute Gasteiger partial charge is 0.325 e. The second kappa shape index (κ2) is 8.49. The van der Waals surface area contributed by atoms with Gasteiger partial charge in [-0.3, -0.25) is 4.79 Å². The molecule has 1 N–H and O–H groups in total. The van der Waals surface area contributed by atoms with E-state index in [-0.39, 0.29) is 5.69 Å². The molecule has 27 heavy (non-hydrogen) atoms. The zero-order valence-electron chi connectivity index (χ0n) is 15.8. The van der Waals surface area contributed by atoms with Crippen molar-refractivity contribution in [3.8, 4) is 0 Å². The predicted octanol–water partition coefficient (Wildman–Crippen LogP) is 3.20. The smallest absolute Gasteiger partial charge is 0.304 e. The molecule has 6 nitrogen and oxygen atoms in total. The molecule has 1 amide bonds. The third-order valence-electron chi connectivity index (χ3n) is 4.00. The maximum atomic E-state index is 13.2. The van der Waals surface area contributed by atoms with Crippen LogP contribution >= 0.6 is 0 Å². The number of carbonyl (C=O) groups excluding carboxylic acids is 1. The summed E-state index contributed by atoms with van der Waals surface area (Å²) < 4.78 is 40.3. The SMILES string of the molecule is CC(C)c1ccc(NC(=O)CN(c2ccc(F)cc2)S(=O)(=O)N(C)C)cc1. The zero-order chi connectivity index (χ0) is 20.2. The normalized spacial score (nSPS) is 11.7. The van der Waals surface area contributed by atoms with Crippen molar-refractivity contribution >= 4 is 27.5 Å². The number of nitrogens with zero attached hydrogens (tertiary/aromatic N) is 2. The lowest BCUT2D eigenvalue weighted by Gasteiger charge is -2.27. The third-order valence-corrected chi connectivity index (χ3v) is 5.82. The number of amides is 1. The number of hydrogen-bond donors (Lipinski definition) is 1. The molecule has 0 bridgehead atoms. The molecule has 0 unspecified atom stereocenters. The Morgan fingerprint density at radius 3 is 2.07 bits per heavy atom. The lowest BCUT2D eigenvalue weighted by atomic mass is 10.0. The van der Waals surface area contributed by atoms with Crippen LogP contribution in [-0.2, 0) is 15.0 Å². The summed E-state index contributed by atoms with van der Waals surface area (Å²) in [6.07, 6.45) is 0. The molecule has 0 atom stereocenters. The van der Waals surface area contributed by atoms with E-state index >= 15 is 0 Å². The van der Waals surface area contributed by atoms with Crippen molar-refractivity contribution in [3.63, 3.8) is 0 Å². The molecule has 0 aliphatic carbocycles. The van der Waals surface area contributed by atoms with Crippen LogP contribution in [0.15, 0.2) is 48.5 Å². The van der Waals surface area contributed by atoms with Crippen molar-refractivity contribution in [2.45, 2.75) is 19.8 Å². The van der Waals surface area contributed by atoms with Crippen LogP contribution in [0.4, 0.5) is 15.8 Å². The molecular formula is C19H24FN3O3S. The van der Waals surface area contributed by atoms with Gasteiger partial charge in [-0.25, -0.2) is 8.70 Å². The van der Waals surface area contributed by atoms with Crippen LogP contribution in [-0.4, -0.2) is 39.3 Å². The molecule has 0 aliphatic heterocycles. The molecule has 0 heterocycles. The van der Waals surface area contributed by atoms with Gasteiger partial charge in [0, 0.05) is 19.8 Å². The molecule has 0 aliphatic rings. The van der Waals surface area contributed by atoms with E-state index in [0.717, 1.165) is 26.3 Å². The highest BCUT2D eigenvalue weighted by molar-refractivity contribution is 7.90. The van der Waals surface area contributed by atoms with Crippen LogP contribution in [0.5, 0.6) is 0 Å². The van der Waals surface area contributed by atoms with Crippen molar-refractivity contribution in [1.29, 1.82) is 0 Å². The number of nitrogens with one attached hydrogen (secondary N) is 1. The van der Waals surface area contributed by atoms with Gasteiger partial charge in [0.25, 0.3) is 0 Å². The van der Waals surface area contributed by atoms with Gasteiger partial charge in [0.1, 0.15) is 12.4 Å². The topological polar surface area (TPSA) is 69.7 Å². The highest BCUT2D eigenvalue weighted by Gasteiger charge is 2.27. The molecule has 0 saturated carbocycles. The molecule has 2 rings (SSSR count). The monoisotopic (exact) mass is 393 g/mol. The van der Waals surface area contributed by atoms with Crippen LogP contribution in [0.2, 0.25) is 0 Å². The summed E-state index contributed by atoms with van der Waals surface area (Å²) in [5.74, 6) is -0.619. The molecule has 2 aromatic carbocycles. The Hall–Kier alpha value is -2.45. The number of halogens is 1. The van der Waals surface area contributed by atoms with E-state index < -0.39 is 28.5 Å². The quantitative estimate of drug-likeness (QED) is 0.785. The van der Waals surface area contributed by atoms with Crippen LogP contribution < -0.4 is 9.62 Å². The van der Waals surface area contributed by atoms with Crippen molar-refractivity contribution in [2.75, 3.05) is 30.3 Å². The maximum Gasteiger partial charge on any atom is 0.304 e. The Bertz CT molecular complexity index is 879. The van der Waals surface area contributed by atoms with E-state index in [0.29, 0.717) is 11.6 Å². The summed E-state index contributed by atoms with van der Waals surface area (Å²) in [6, 6.07) is 12.3. The average Bonchev–Trinajstić information content (AvgIpc) is 2.60. The Morgan fingerprint density at radius 2 is 1.59 bits per heavy atom. The number of benzene rings is 2. The predicted molar refractivity (Wildman–Crippen MR) is 106 cm³/mol. The van der Waals surface area contributed by atoms with E-state index in [9.17, 15) is 17.6 Å². The minimum absolute atomic E-state index is 0.204. The van der Waals surface area contributed by atoms with E-state index in [4.69, 9.17) is 0 Å². The summed E-state index contributed by atoms with van der Waals surface area (Å²) in [5.41, 5.74) is 1.91. The Labute approximate surface area is 159 Å². The number of carbonyl (C=O) groups is 1. The van der Waals surface area contributed by atoms with Gasteiger partial charge in [-0.2, -0.15) is 12.7 Å². The van der Waals surface area contributed by atoms with Crippen molar-refractivity contribution in [1.82, 2.24) is 4.31 Å². The highest BCUT2D eigenvalue weighted by atomic mass is 32.2. The molecule has 0 radical (unpaired) electrons. The van der Waals surface area contributed by atoms with Gasteiger partial charge in [0.15, 0.2) is 0 Å². The van der Waals surface area contributed by atoms with Gasteiger partial charge in [-0.15, -0.1) is 0 Å². The minimum atomic E-state index is -3.93. The van der Waals surface area contributed by atoms with E-state index in [1.54, 1.807) is 12.1 Å². The fourth-order valence-corrected chi connectivity index (χ4v) is 3.46.